The summed E-state index contributed by atoms with van der Waals surface area (Å²) in [6, 6.07) is 0.0657. The Labute approximate surface area is 99.8 Å². The van der Waals surface area contributed by atoms with E-state index in [4.69, 9.17) is 5.73 Å². The standard InChI is InChI=1S/C12H27N3O/c1-6-9-15(11(16)14(4)5)12(7-2,8-3)10-13/h6-10,13H2,1-5H3. The zero-order valence-electron chi connectivity index (χ0n) is 11.4. The molecule has 0 aliphatic heterocycles. The molecule has 0 bridgehead atoms. The first kappa shape index (κ1) is 15.2. The molecule has 2 N–H and O–H groups in total. The maximum absolute atomic E-state index is 12.2. The van der Waals surface area contributed by atoms with Crippen molar-refractivity contribution in [2.75, 3.05) is 27.2 Å². The lowest BCUT2D eigenvalue weighted by atomic mass is 9.90. The molecule has 2 amide bonds. The van der Waals surface area contributed by atoms with E-state index in [1.165, 1.54) is 0 Å². The first-order valence-electron chi connectivity index (χ1n) is 6.18. The van der Waals surface area contributed by atoms with E-state index < -0.39 is 0 Å². The fourth-order valence-electron chi connectivity index (χ4n) is 2.03. The molecular formula is C12H27N3O. The minimum Gasteiger partial charge on any atom is -0.331 e. The summed E-state index contributed by atoms with van der Waals surface area (Å²) in [5.41, 5.74) is 5.70. The third-order valence-corrected chi connectivity index (χ3v) is 3.33. The van der Waals surface area contributed by atoms with Crippen LogP contribution in [0.25, 0.3) is 0 Å². The van der Waals surface area contributed by atoms with Crippen molar-refractivity contribution < 1.29 is 4.79 Å². The van der Waals surface area contributed by atoms with Crippen LogP contribution in [0.5, 0.6) is 0 Å². The highest BCUT2D eigenvalue weighted by atomic mass is 16.2. The lowest BCUT2D eigenvalue weighted by molar-refractivity contribution is 0.0907. The first-order chi connectivity index (χ1) is 7.48. The van der Waals surface area contributed by atoms with E-state index in [0.29, 0.717) is 6.54 Å². The molecule has 4 heteroatoms. The lowest BCUT2D eigenvalue weighted by Crippen LogP contribution is -2.58. The smallest absolute Gasteiger partial charge is 0.319 e. The molecule has 0 atom stereocenters. The van der Waals surface area contributed by atoms with Gasteiger partial charge in [0.1, 0.15) is 0 Å². The van der Waals surface area contributed by atoms with E-state index >= 15 is 0 Å². The summed E-state index contributed by atoms with van der Waals surface area (Å²) in [4.78, 5) is 15.7. The van der Waals surface area contributed by atoms with Crippen molar-refractivity contribution in [1.29, 1.82) is 0 Å². The predicted octanol–water partition coefficient (Wildman–Crippen LogP) is 1.90. The third kappa shape index (κ3) is 3.11. The summed E-state index contributed by atoms with van der Waals surface area (Å²) in [5, 5.41) is 0. The Morgan fingerprint density at radius 1 is 1.19 bits per heavy atom. The fraction of sp³-hybridized carbons (Fsp3) is 0.917. The van der Waals surface area contributed by atoms with Gasteiger partial charge < -0.3 is 15.5 Å². The Morgan fingerprint density at radius 2 is 1.69 bits per heavy atom. The van der Waals surface area contributed by atoms with Crippen LogP contribution in [-0.4, -0.2) is 48.6 Å². The Kier molecular flexibility index (Phi) is 6.41. The van der Waals surface area contributed by atoms with Crippen LogP contribution in [0.15, 0.2) is 0 Å². The van der Waals surface area contributed by atoms with Gasteiger partial charge in [0, 0.05) is 27.2 Å². The molecule has 0 rings (SSSR count). The van der Waals surface area contributed by atoms with Crippen LogP contribution in [0.4, 0.5) is 4.79 Å². The Balaban J connectivity index is 5.06. The Morgan fingerprint density at radius 3 is 1.94 bits per heavy atom. The van der Waals surface area contributed by atoms with Gasteiger partial charge in [-0.3, -0.25) is 0 Å². The van der Waals surface area contributed by atoms with Crippen molar-refractivity contribution >= 4 is 6.03 Å². The molecule has 0 aliphatic rings. The SMILES string of the molecule is CCCN(C(=O)N(C)C)C(CC)(CC)CN. The molecule has 0 aromatic rings. The third-order valence-electron chi connectivity index (χ3n) is 3.33. The summed E-state index contributed by atoms with van der Waals surface area (Å²) < 4.78 is 0. The molecule has 0 aliphatic carbocycles. The molecule has 0 saturated carbocycles. The summed E-state index contributed by atoms with van der Waals surface area (Å²) in [6.45, 7) is 7.59. The number of urea groups is 1. The van der Waals surface area contributed by atoms with Crippen molar-refractivity contribution in [2.45, 2.75) is 45.6 Å². The second-order valence-electron chi connectivity index (χ2n) is 4.46. The van der Waals surface area contributed by atoms with Crippen LogP contribution >= 0.6 is 0 Å². The molecule has 96 valence electrons. The highest BCUT2D eigenvalue weighted by molar-refractivity contribution is 5.74. The number of nitrogens with zero attached hydrogens (tertiary/aromatic N) is 2. The average Bonchev–Trinajstić information content (AvgIpc) is 2.29. The first-order valence-corrected chi connectivity index (χ1v) is 6.18. The lowest BCUT2D eigenvalue weighted by Gasteiger charge is -2.43. The van der Waals surface area contributed by atoms with Gasteiger partial charge >= 0.3 is 6.03 Å². The normalized spacial score (nSPS) is 11.4. The van der Waals surface area contributed by atoms with Crippen LogP contribution in [0.3, 0.4) is 0 Å². The van der Waals surface area contributed by atoms with Gasteiger partial charge in [0.15, 0.2) is 0 Å². The minimum atomic E-state index is -0.183. The van der Waals surface area contributed by atoms with Gasteiger partial charge in [0.2, 0.25) is 0 Å². The number of hydrogen-bond donors (Lipinski definition) is 1. The van der Waals surface area contributed by atoms with E-state index in [-0.39, 0.29) is 11.6 Å². The van der Waals surface area contributed by atoms with Crippen LogP contribution in [0.2, 0.25) is 0 Å². The van der Waals surface area contributed by atoms with Gasteiger partial charge in [-0.05, 0) is 19.3 Å². The molecule has 4 nitrogen and oxygen atoms in total. The van der Waals surface area contributed by atoms with Crippen LogP contribution < -0.4 is 5.73 Å². The number of rotatable bonds is 6. The molecule has 0 heterocycles. The van der Waals surface area contributed by atoms with Crippen molar-refractivity contribution in [3.63, 3.8) is 0 Å². The fourth-order valence-corrected chi connectivity index (χ4v) is 2.03. The second-order valence-corrected chi connectivity index (χ2v) is 4.46. The minimum absolute atomic E-state index is 0.0657. The average molecular weight is 229 g/mol. The summed E-state index contributed by atoms with van der Waals surface area (Å²) in [7, 11) is 3.58. The van der Waals surface area contributed by atoms with Gasteiger partial charge in [-0.15, -0.1) is 0 Å². The van der Waals surface area contributed by atoms with E-state index in [1.807, 2.05) is 4.90 Å². The van der Waals surface area contributed by atoms with Gasteiger partial charge in [0.05, 0.1) is 5.54 Å². The second kappa shape index (κ2) is 6.74. The number of nitrogens with two attached hydrogens (primary N) is 1. The monoisotopic (exact) mass is 229 g/mol. The van der Waals surface area contributed by atoms with E-state index in [1.54, 1.807) is 19.0 Å². The predicted molar refractivity (Wildman–Crippen MR) is 68.4 cm³/mol. The maximum atomic E-state index is 12.2. The molecule has 16 heavy (non-hydrogen) atoms. The topological polar surface area (TPSA) is 49.6 Å². The summed E-state index contributed by atoms with van der Waals surface area (Å²) in [5.74, 6) is 0. The molecule has 0 fully saturated rings. The molecule has 0 spiro atoms. The highest BCUT2D eigenvalue weighted by Crippen LogP contribution is 2.24. The number of carbonyl (C=O) groups is 1. The van der Waals surface area contributed by atoms with Crippen molar-refractivity contribution in [1.82, 2.24) is 9.80 Å². The van der Waals surface area contributed by atoms with Gasteiger partial charge in [-0.25, -0.2) is 4.79 Å². The number of carbonyl (C=O) groups excluding carboxylic acids is 1. The van der Waals surface area contributed by atoms with E-state index in [2.05, 4.69) is 20.8 Å². The largest absolute Gasteiger partial charge is 0.331 e. The van der Waals surface area contributed by atoms with Crippen LogP contribution in [-0.2, 0) is 0 Å². The van der Waals surface area contributed by atoms with Crippen molar-refractivity contribution in [2.24, 2.45) is 5.73 Å². The number of amides is 2. The molecule has 0 unspecified atom stereocenters. The summed E-state index contributed by atoms with van der Waals surface area (Å²) >= 11 is 0. The van der Waals surface area contributed by atoms with Gasteiger partial charge in [0.25, 0.3) is 0 Å². The van der Waals surface area contributed by atoms with E-state index in [9.17, 15) is 4.79 Å². The zero-order chi connectivity index (χ0) is 12.8. The molecular weight excluding hydrogens is 202 g/mol. The molecule has 0 saturated heterocycles. The van der Waals surface area contributed by atoms with Crippen molar-refractivity contribution in [3.05, 3.63) is 0 Å². The van der Waals surface area contributed by atoms with Crippen LogP contribution in [0.1, 0.15) is 40.0 Å². The summed E-state index contributed by atoms with van der Waals surface area (Å²) in [6.07, 6.45) is 2.76. The van der Waals surface area contributed by atoms with Gasteiger partial charge in [-0.1, -0.05) is 20.8 Å². The Hall–Kier alpha value is -0.770. The van der Waals surface area contributed by atoms with Gasteiger partial charge in [-0.2, -0.15) is 0 Å². The molecule has 0 radical (unpaired) electrons. The number of hydrogen-bond acceptors (Lipinski definition) is 2. The maximum Gasteiger partial charge on any atom is 0.319 e. The van der Waals surface area contributed by atoms with Crippen molar-refractivity contribution in [3.8, 4) is 0 Å². The molecule has 0 aromatic heterocycles. The zero-order valence-corrected chi connectivity index (χ0v) is 11.4. The van der Waals surface area contributed by atoms with Crippen LogP contribution in [0, 0.1) is 0 Å². The highest BCUT2D eigenvalue weighted by Gasteiger charge is 2.35. The molecule has 0 aromatic carbocycles. The Bertz CT molecular complexity index is 204. The quantitative estimate of drug-likeness (QED) is 0.756. The van der Waals surface area contributed by atoms with E-state index in [0.717, 1.165) is 25.8 Å².